The monoisotopic (exact) mass is 558 g/mol. The molecule has 0 aromatic heterocycles. The highest BCUT2D eigenvalue weighted by molar-refractivity contribution is 5.92. The molecule has 0 heterocycles. The third-order valence-corrected chi connectivity index (χ3v) is 5.06. The van der Waals surface area contributed by atoms with E-state index in [2.05, 4.69) is 4.74 Å². The Hall–Kier alpha value is -5.00. The fourth-order valence-corrected chi connectivity index (χ4v) is 3.24. The van der Waals surface area contributed by atoms with Gasteiger partial charge in [-0.25, -0.2) is 14.4 Å². The van der Waals surface area contributed by atoms with E-state index in [1.54, 1.807) is 12.1 Å². The van der Waals surface area contributed by atoms with Gasteiger partial charge in [-0.15, -0.1) is 13.2 Å². The number of nitrogen functional groups attached to an aromatic ring is 2. The molecule has 9 nitrogen and oxygen atoms in total. The number of benzene rings is 3. The molecule has 0 aliphatic heterocycles. The van der Waals surface area contributed by atoms with Gasteiger partial charge in [0.1, 0.15) is 11.5 Å². The quantitative estimate of drug-likeness (QED) is 0.107. The van der Waals surface area contributed by atoms with E-state index in [-0.39, 0.29) is 30.1 Å². The summed E-state index contributed by atoms with van der Waals surface area (Å²) in [7, 11) is 0. The first-order valence-electron chi connectivity index (χ1n) is 11.8. The van der Waals surface area contributed by atoms with E-state index >= 15 is 0 Å². The summed E-state index contributed by atoms with van der Waals surface area (Å²) in [6.45, 7) is 0.264. The fraction of sp³-hybridized carbons (Fsp3) is 0.179. The van der Waals surface area contributed by atoms with Crippen LogP contribution in [0.4, 0.5) is 24.5 Å². The second kappa shape index (κ2) is 13.7. The minimum Gasteiger partial charge on any atom is -0.463 e. The maximum atomic E-state index is 12.2. The Morgan fingerprint density at radius 3 is 1.90 bits per heavy atom. The van der Waals surface area contributed by atoms with Crippen molar-refractivity contribution in [3.8, 4) is 11.5 Å². The molecule has 0 amide bonds. The van der Waals surface area contributed by atoms with Gasteiger partial charge < -0.3 is 30.4 Å². The highest BCUT2D eigenvalue weighted by Gasteiger charge is 2.31. The summed E-state index contributed by atoms with van der Waals surface area (Å²) in [6.07, 6.45) is -1.14. The van der Waals surface area contributed by atoms with Crippen LogP contribution >= 0.6 is 0 Å². The maximum absolute atomic E-state index is 12.2. The zero-order chi connectivity index (χ0) is 29.1. The lowest BCUT2D eigenvalue weighted by atomic mass is 10.2. The van der Waals surface area contributed by atoms with Gasteiger partial charge in [0.25, 0.3) is 0 Å². The SMILES string of the molecule is Nc1cc(N)cc(C(=O)OCCCCOC(=O)/C=C/c2ccc(OC(=O)c3ccc(OC(F)(F)F)cc3)cc2)c1. The zero-order valence-corrected chi connectivity index (χ0v) is 21.0. The fourth-order valence-electron chi connectivity index (χ4n) is 3.24. The lowest BCUT2D eigenvalue weighted by Crippen LogP contribution is -2.17. The Morgan fingerprint density at radius 1 is 0.725 bits per heavy atom. The van der Waals surface area contributed by atoms with E-state index in [1.807, 2.05) is 0 Å². The minimum atomic E-state index is -4.83. The number of anilines is 2. The van der Waals surface area contributed by atoms with E-state index in [1.165, 1.54) is 42.5 Å². The largest absolute Gasteiger partial charge is 0.573 e. The van der Waals surface area contributed by atoms with Crippen molar-refractivity contribution in [3.05, 3.63) is 89.5 Å². The van der Waals surface area contributed by atoms with Crippen LogP contribution in [-0.4, -0.2) is 37.5 Å². The topological polar surface area (TPSA) is 140 Å². The molecule has 40 heavy (non-hydrogen) atoms. The highest BCUT2D eigenvalue weighted by Crippen LogP contribution is 2.23. The number of unbranched alkanes of at least 4 members (excludes halogenated alkanes) is 1. The first kappa shape index (κ1) is 29.6. The lowest BCUT2D eigenvalue weighted by Gasteiger charge is -2.09. The number of hydrogen-bond acceptors (Lipinski definition) is 9. The highest BCUT2D eigenvalue weighted by atomic mass is 19.4. The maximum Gasteiger partial charge on any atom is 0.573 e. The number of carbonyl (C=O) groups is 3. The van der Waals surface area contributed by atoms with Gasteiger partial charge in [-0.05, 0) is 79.1 Å². The number of ether oxygens (including phenoxy) is 4. The third-order valence-electron chi connectivity index (χ3n) is 5.06. The van der Waals surface area contributed by atoms with Crippen LogP contribution in [0.1, 0.15) is 39.1 Å². The molecule has 0 unspecified atom stereocenters. The molecular weight excluding hydrogens is 533 g/mol. The molecule has 4 N–H and O–H groups in total. The molecule has 12 heteroatoms. The Kier molecular flexibility index (Phi) is 10.1. The average Bonchev–Trinajstić information content (AvgIpc) is 2.89. The molecule has 0 fully saturated rings. The number of carbonyl (C=O) groups excluding carboxylic acids is 3. The third kappa shape index (κ3) is 10.0. The van der Waals surface area contributed by atoms with Crippen LogP contribution < -0.4 is 20.9 Å². The Balaban J connectivity index is 1.35. The van der Waals surface area contributed by atoms with Crippen LogP contribution in [0, 0.1) is 0 Å². The van der Waals surface area contributed by atoms with Crippen molar-refractivity contribution in [3.63, 3.8) is 0 Å². The number of nitrogens with two attached hydrogens (primary N) is 2. The van der Waals surface area contributed by atoms with Crippen molar-refractivity contribution in [2.45, 2.75) is 19.2 Å². The van der Waals surface area contributed by atoms with E-state index in [4.69, 9.17) is 25.7 Å². The van der Waals surface area contributed by atoms with Gasteiger partial charge in [-0.1, -0.05) is 12.1 Å². The Morgan fingerprint density at radius 2 is 1.30 bits per heavy atom. The van der Waals surface area contributed by atoms with Gasteiger partial charge in [0.2, 0.25) is 0 Å². The van der Waals surface area contributed by atoms with Crippen molar-refractivity contribution >= 4 is 35.4 Å². The van der Waals surface area contributed by atoms with Gasteiger partial charge in [-0.3, -0.25) is 0 Å². The summed E-state index contributed by atoms with van der Waals surface area (Å²) < 4.78 is 55.9. The summed E-state index contributed by atoms with van der Waals surface area (Å²) in [4.78, 5) is 36.1. The first-order chi connectivity index (χ1) is 19.0. The molecule has 0 aliphatic carbocycles. The van der Waals surface area contributed by atoms with Crippen LogP contribution in [0.25, 0.3) is 6.08 Å². The van der Waals surface area contributed by atoms with Crippen molar-refractivity contribution in [1.29, 1.82) is 0 Å². The number of alkyl halides is 3. The molecule has 0 spiro atoms. The van der Waals surface area contributed by atoms with Crippen molar-refractivity contribution in [2.24, 2.45) is 0 Å². The van der Waals surface area contributed by atoms with Gasteiger partial charge >= 0.3 is 24.3 Å². The van der Waals surface area contributed by atoms with E-state index < -0.39 is 30.0 Å². The summed E-state index contributed by atoms with van der Waals surface area (Å²) in [5.41, 5.74) is 12.9. The number of esters is 3. The summed E-state index contributed by atoms with van der Waals surface area (Å²) in [5.74, 6) is -2.15. The molecule has 0 radical (unpaired) electrons. The number of halogens is 3. The number of rotatable bonds is 11. The van der Waals surface area contributed by atoms with E-state index in [0.717, 1.165) is 24.3 Å². The van der Waals surface area contributed by atoms with Crippen LogP contribution in [-0.2, 0) is 14.3 Å². The number of hydrogen-bond donors (Lipinski definition) is 2. The average molecular weight is 559 g/mol. The molecule has 0 atom stereocenters. The molecule has 3 rings (SSSR count). The molecule has 3 aromatic rings. The van der Waals surface area contributed by atoms with Crippen molar-refractivity contribution < 1.29 is 46.5 Å². The van der Waals surface area contributed by atoms with Gasteiger partial charge in [-0.2, -0.15) is 0 Å². The van der Waals surface area contributed by atoms with Crippen LogP contribution in [0.3, 0.4) is 0 Å². The van der Waals surface area contributed by atoms with E-state index in [9.17, 15) is 27.6 Å². The minimum absolute atomic E-state index is 0.0333. The molecule has 210 valence electrons. The summed E-state index contributed by atoms with van der Waals surface area (Å²) >= 11 is 0. The molecule has 3 aromatic carbocycles. The second-order valence-corrected chi connectivity index (χ2v) is 8.26. The van der Waals surface area contributed by atoms with Gasteiger partial charge in [0.05, 0.1) is 24.3 Å². The van der Waals surface area contributed by atoms with Crippen LogP contribution in [0.15, 0.2) is 72.8 Å². The molecular formula is C28H25F3N2O7. The molecule has 0 bridgehead atoms. The second-order valence-electron chi connectivity index (χ2n) is 8.26. The lowest BCUT2D eigenvalue weighted by molar-refractivity contribution is -0.274. The predicted octanol–water partition coefficient (Wildman–Crippen LogP) is 5.16. The van der Waals surface area contributed by atoms with Gasteiger partial charge in [0, 0.05) is 17.5 Å². The Bertz CT molecular complexity index is 1340. The molecule has 0 saturated carbocycles. The predicted molar refractivity (Wildman–Crippen MR) is 139 cm³/mol. The first-order valence-corrected chi connectivity index (χ1v) is 11.8. The summed E-state index contributed by atoms with van der Waals surface area (Å²) in [5, 5.41) is 0. The normalized spacial score (nSPS) is 11.2. The Labute approximate surface area is 227 Å². The smallest absolute Gasteiger partial charge is 0.463 e. The van der Waals surface area contributed by atoms with Crippen LogP contribution in [0.5, 0.6) is 11.5 Å². The van der Waals surface area contributed by atoms with Crippen LogP contribution in [0.2, 0.25) is 0 Å². The summed E-state index contributed by atoms with van der Waals surface area (Å²) in [6, 6.07) is 14.9. The van der Waals surface area contributed by atoms with Gasteiger partial charge in [0.15, 0.2) is 0 Å². The van der Waals surface area contributed by atoms with E-state index in [0.29, 0.717) is 29.8 Å². The molecule has 0 saturated heterocycles. The van der Waals surface area contributed by atoms with Crippen molar-refractivity contribution in [2.75, 3.05) is 24.7 Å². The molecule has 0 aliphatic rings. The zero-order valence-electron chi connectivity index (χ0n) is 21.0. The van der Waals surface area contributed by atoms with Crippen molar-refractivity contribution in [1.82, 2.24) is 0 Å². The standard InChI is InChI=1S/C28H25F3N2O7/c29-28(30,31)40-24-10-6-19(7-11-24)27(36)39-23-8-3-18(4-9-23)5-12-25(34)37-13-1-2-14-38-26(35)20-15-21(32)17-22(33)16-20/h3-12,15-17H,1-2,13-14,32-33H2/b12-5+.